The summed E-state index contributed by atoms with van der Waals surface area (Å²) in [7, 11) is 1.61. The third-order valence-electron chi connectivity index (χ3n) is 4.27. The number of aromatic nitrogens is 1. The molecule has 2 aromatic carbocycles. The fourth-order valence-electron chi connectivity index (χ4n) is 2.80. The molecule has 0 radical (unpaired) electrons. The molecule has 3 N–H and O–H groups in total. The number of carbonyl (C=O) groups excluding carboxylic acids is 1. The van der Waals surface area contributed by atoms with Gasteiger partial charge < -0.3 is 25.2 Å². The van der Waals surface area contributed by atoms with E-state index in [1.807, 2.05) is 55.5 Å². The van der Waals surface area contributed by atoms with Crippen molar-refractivity contribution in [2.24, 2.45) is 0 Å². The summed E-state index contributed by atoms with van der Waals surface area (Å²) < 4.78 is 10.3. The van der Waals surface area contributed by atoms with E-state index in [-0.39, 0.29) is 11.2 Å². The minimum atomic E-state index is -0.272. The summed E-state index contributed by atoms with van der Waals surface area (Å²) in [6.07, 6.45) is 0.665. The maximum absolute atomic E-state index is 12.6. The number of anilines is 3. The van der Waals surface area contributed by atoms with E-state index >= 15 is 0 Å². The largest absolute Gasteiger partial charge is 0.495 e. The zero-order valence-electron chi connectivity index (χ0n) is 17.5. The van der Waals surface area contributed by atoms with Crippen LogP contribution in [0.5, 0.6) is 5.75 Å². The van der Waals surface area contributed by atoms with Crippen molar-refractivity contribution in [3.63, 3.8) is 0 Å². The molecule has 1 atom stereocenters. The summed E-state index contributed by atoms with van der Waals surface area (Å²) in [5, 5.41) is 13.1. The molecule has 1 unspecified atom stereocenters. The van der Waals surface area contributed by atoms with Gasteiger partial charge in [-0.1, -0.05) is 30.3 Å². The van der Waals surface area contributed by atoms with Gasteiger partial charge in [-0.15, -0.1) is 11.8 Å². The second kappa shape index (κ2) is 10.8. The number of rotatable bonds is 8. The molecule has 0 aliphatic heterocycles. The molecule has 0 saturated heterocycles. The van der Waals surface area contributed by atoms with Crippen molar-refractivity contribution < 1.29 is 14.1 Å². The average molecular weight is 457 g/mol. The fraction of sp³-hybridized carbons (Fsp3) is 0.227. The molecule has 9 heteroatoms. The predicted octanol–water partition coefficient (Wildman–Crippen LogP) is 5.31. The molecule has 1 heterocycles. The van der Waals surface area contributed by atoms with E-state index in [0.717, 1.165) is 16.3 Å². The zero-order valence-corrected chi connectivity index (χ0v) is 19.1. The minimum absolute atomic E-state index is 0.118. The monoisotopic (exact) mass is 456 g/mol. The van der Waals surface area contributed by atoms with Crippen LogP contribution in [0.3, 0.4) is 0 Å². The number of nitrogens with zero attached hydrogens (tertiary/aromatic N) is 1. The number of thiocarbonyl (C=S) groups is 1. The Bertz CT molecular complexity index is 1050. The Morgan fingerprint density at radius 3 is 2.68 bits per heavy atom. The highest BCUT2D eigenvalue weighted by molar-refractivity contribution is 8.00. The molecule has 1 aromatic heterocycles. The van der Waals surface area contributed by atoms with Gasteiger partial charge in [-0.05, 0) is 55.9 Å². The standard InChI is InChI=1S/C22H24N4O3S2/c1-4-19(21(27)25-20-12-14(2)29-26-20)31-16-9-7-8-15(13-16)23-22(30)24-17-10-5-6-11-18(17)28-3/h5-13,19H,4H2,1-3H3,(H2,23,24,30)(H,25,26,27). The summed E-state index contributed by atoms with van der Waals surface area (Å²) in [6.45, 7) is 3.75. The quantitative estimate of drug-likeness (QED) is 0.310. The number of aryl methyl sites for hydroxylation is 1. The molecule has 0 saturated carbocycles. The Kier molecular flexibility index (Phi) is 7.91. The van der Waals surface area contributed by atoms with Crippen LogP contribution in [0.1, 0.15) is 19.1 Å². The summed E-state index contributed by atoms with van der Waals surface area (Å²) >= 11 is 6.91. The van der Waals surface area contributed by atoms with Crippen LogP contribution in [0.4, 0.5) is 17.2 Å². The van der Waals surface area contributed by atoms with Crippen LogP contribution in [0.25, 0.3) is 0 Å². The second-order valence-corrected chi connectivity index (χ2v) is 8.32. The van der Waals surface area contributed by atoms with Crippen LogP contribution >= 0.6 is 24.0 Å². The first-order valence-corrected chi connectivity index (χ1v) is 11.0. The third-order valence-corrected chi connectivity index (χ3v) is 5.83. The Morgan fingerprint density at radius 1 is 1.16 bits per heavy atom. The van der Waals surface area contributed by atoms with Gasteiger partial charge in [-0.25, -0.2) is 0 Å². The molecule has 162 valence electrons. The van der Waals surface area contributed by atoms with Crippen molar-refractivity contribution in [2.75, 3.05) is 23.1 Å². The third kappa shape index (κ3) is 6.47. The van der Waals surface area contributed by atoms with Crippen molar-refractivity contribution in [3.05, 3.63) is 60.4 Å². The zero-order chi connectivity index (χ0) is 22.2. The molecule has 0 fully saturated rings. The molecular formula is C22H24N4O3S2. The number of methoxy groups -OCH3 is 1. The molecule has 0 aliphatic rings. The number of carbonyl (C=O) groups is 1. The first-order chi connectivity index (χ1) is 15.0. The molecule has 1 amide bonds. The topological polar surface area (TPSA) is 88.4 Å². The van der Waals surface area contributed by atoms with E-state index in [2.05, 4.69) is 21.1 Å². The number of nitrogens with one attached hydrogen (secondary N) is 3. The number of benzene rings is 2. The van der Waals surface area contributed by atoms with Gasteiger partial charge in [0.25, 0.3) is 0 Å². The lowest BCUT2D eigenvalue weighted by Gasteiger charge is -2.16. The van der Waals surface area contributed by atoms with Crippen molar-refractivity contribution in [1.82, 2.24) is 5.16 Å². The van der Waals surface area contributed by atoms with Crippen LogP contribution in [0.2, 0.25) is 0 Å². The lowest BCUT2D eigenvalue weighted by molar-refractivity contribution is -0.115. The van der Waals surface area contributed by atoms with Crippen LogP contribution in [-0.4, -0.2) is 28.5 Å². The van der Waals surface area contributed by atoms with Crippen LogP contribution in [0.15, 0.2) is 64.0 Å². The van der Waals surface area contributed by atoms with Gasteiger partial charge >= 0.3 is 0 Å². The van der Waals surface area contributed by atoms with Crippen LogP contribution in [0, 0.1) is 6.92 Å². The summed E-state index contributed by atoms with van der Waals surface area (Å²) in [6, 6.07) is 17.0. The van der Waals surface area contributed by atoms with Crippen molar-refractivity contribution >= 4 is 52.2 Å². The van der Waals surface area contributed by atoms with Crippen molar-refractivity contribution in [3.8, 4) is 5.75 Å². The van der Waals surface area contributed by atoms with Gasteiger partial charge in [0.1, 0.15) is 11.5 Å². The van der Waals surface area contributed by atoms with E-state index < -0.39 is 0 Å². The Labute approximate surface area is 190 Å². The highest BCUT2D eigenvalue weighted by Crippen LogP contribution is 2.29. The van der Waals surface area contributed by atoms with E-state index in [1.54, 1.807) is 20.1 Å². The molecule has 0 bridgehead atoms. The smallest absolute Gasteiger partial charge is 0.239 e. The van der Waals surface area contributed by atoms with Crippen molar-refractivity contribution in [2.45, 2.75) is 30.4 Å². The average Bonchev–Trinajstić information content (AvgIpc) is 3.17. The number of hydrogen-bond donors (Lipinski definition) is 3. The lowest BCUT2D eigenvalue weighted by atomic mass is 10.3. The molecule has 0 spiro atoms. The lowest BCUT2D eigenvalue weighted by Crippen LogP contribution is -2.24. The Balaban J connectivity index is 1.62. The number of thioether (sulfide) groups is 1. The molecule has 0 aliphatic carbocycles. The van der Waals surface area contributed by atoms with Gasteiger partial charge in [0.15, 0.2) is 10.9 Å². The van der Waals surface area contributed by atoms with Gasteiger partial charge in [-0.3, -0.25) is 4.79 Å². The van der Waals surface area contributed by atoms with Gasteiger partial charge in [0.05, 0.1) is 18.0 Å². The number of ether oxygens (including phenoxy) is 1. The summed E-state index contributed by atoms with van der Waals surface area (Å²) in [4.78, 5) is 13.6. The highest BCUT2D eigenvalue weighted by atomic mass is 32.2. The number of para-hydroxylation sites is 2. The van der Waals surface area contributed by atoms with Crippen LogP contribution in [-0.2, 0) is 4.79 Å². The van der Waals surface area contributed by atoms with Crippen molar-refractivity contribution in [1.29, 1.82) is 0 Å². The first-order valence-electron chi connectivity index (χ1n) is 9.70. The van der Waals surface area contributed by atoms with Gasteiger partial charge in [-0.2, -0.15) is 0 Å². The normalized spacial score (nSPS) is 11.5. The summed E-state index contributed by atoms with van der Waals surface area (Å²) in [5.41, 5.74) is 1.60. The Hall–Kier alpha value is -3.04. The maximum atomic E-state index is 12.6. The predicted molar refractivity (Wildman–Crippen MR) is 129 cm³/mol. The van der Waals surface area contributed by atoms with E-state index in [9.17, 15) is 4.79 Å². The van der Waals surface area contributed by atoms with Gasteiger partial charge in [0.2, 0.25) is 5.91 Å². The van der Waals surface area contributed by atoms with E-state index in [1.165, 1.54) is 11.8 Å². The molecule has 31 heavy (non-hydrogen) atoms. The molecular weight excluding hydrogens is 432 g/mol. The van der Waals surface area contributed by atoms with E-state index in [0.29, 0.717) is 28.9 Å². The first kappa shape index (κ1) is 22.6. The van der Waals surface area contributed by atoms with Gasteiger partial charge in [0, 0.05) is 16.6 Å². The number of hydrogen-bond acceptors (Lipinski definition) is 6. The second-order valence-electron chi connectivity index (χ2n) is 6.63. The number of amides is 1. The fourth-order valence-corrected chi connectivity index (χ4v) is 4.04. The molecule has 3 rings (SSSR count). The Morgan fingerprint density at radius 2 is 1.97 bits per heavy atom. The SMILES string of the molecule is CCC(Sc1cccc(NC(=S)Nc2ccccc2OC)c1)C(=O)Nc1cc(C)on1. The van der Waals surface area contributed by atoms with Crippen LogP contribution < -0.4 is 20.7 Å². The highest BCUT2D eigenvalue weighted by Gasteiger charge is 2.19. The van der Waals surface area contributed by atoms with E-state index in [4.69, 9.17) is 21.5 Å². The molecule has 3 aromatic rings. The summed E-state index contributed by atoms with van der Waals surface area (Å²) in [5.74, 6) is 1.65. The minimum Gasteiger partial charge on any atom is -0.495 e. The maximum Gasteiger partial charge on any atom is 0.239 e. The molecule has 7 nitrogen and oxygen atoms in total.